The lowest BCUT2D eigenvalue weighted by Gasteiger charge is -2.15. The number of hydrogen-bond acceptors (Lipinski definition) is 2. The zero-order valence-electron chi connectivity index (χ0n) is 11.6. The molecule has 0 aliphatic carbocycles. The average Bonchev–Trinajstić information content (AvgIpc) is 2.59. The molecule has 0 saturated heterocycles. The highest BCUT2D eigenvalue weighted by Gasteiger charge is 2.09. The van der Waals surface area contributed by atoms with E-state index in [2.05, 4.69) is 43.6 Å². The third kappa shape index (κ3) is 3.58. The summed E-state index contributed by atoms with van der Waals surface area (Å²) in [6.45, 7) is 10.9. The van der Waals surface area contributed by atoms with Crippen LogP contribution in [0.25, 0.3) is 0 Å². The van der Waals surface area contributed by atoms with Crippen LogP contribution in [0.15, 0.2) is 6.07 Å². The highest BCUT2D eigenvalue weighted by molar-refractivity contribution is 5.26. The van der Waals surface area contributed by atoms with E-state index in [1.54, 1.807) is 0 Å². The first kappa shape index (κ1) is 14.3. The predicted octanol–water partition coefficient (Wildman–Crippen LogP) is 2.38. The Morgan fingerprint density at radius 3 is 2.53 bits per heavy atom. The number of hydrogen-bond donors (Lipinski definition) is 2. The van der Waals surface area contributed by atoms with Gasteiger partial charge in [-0.1, -0.05) is 6.92 Å². The molecule has 1 aromatic heterocycles. The van der Waals surface area contributed by atoms with Crippen LogP contribution in [0.1, 0.15) is 43.6 Å². The second-order valence-corrected chi connectivity index (χ2v) is 4.64. The molecular formula is C14H26N2O. The maximum atomic E-state index is 8.96. The smallest absolute Gasteiger partial charge is 0.0445 e. The lowest BCUT2D eigenvalue weighted by Crippen LogP contribution is -2.29. The van der Waals surface area contributed by atoms with E-state index in [4.69, 9.17) is 5.11 Å². The maximum Gasteiger partial charge on any atom is 0.0445 e. The molecule has 1 rings (SSSR count). The van der Waals surface area contributed by atoms with Crippen LogP contribution in [0, 0.1) is 13.8 Å². The molecule has 0 radical (unpaired) electrons. The summed E-state index contributed by atoms with van der Waals surface area (Å²) in [5, 5.41) is 12.5. The minimum absolute atomic E-state index is 0.263. The van der Waals surface area contributed by atoms with Crippen molar-refractivity contribution in [1.82, 2.24) is 9.88 Å². The van der Waals surface area contributed by atoms with Crippen LogP contribution in [0.2, 0.25) is 0 Å². The molecule has 1 atom stereocenters. The summed E-state index contributed by atoms with van der Waals surface area (Å²) in [6.07, 6.45) is 1.90. The maximum absolute atomic E-state index is 8.96. The highest BCUT2D eigenvalue weighted by Crippen LogP contribution is 2.15. The summed E-state index contributed by atoms with van der Waals surface area (Å²) in [5.74, 6) is 0. The van der Waals surface area contributed by atoms with Crippen LogP contribution in [-0.4, -0.2) is 22.3 Å². The van der Waals surface area contributed by atoms with Crippen LogP contribution in [-0.2, 0) is 13.1 Å². The van der Waals surface area contributed by atoms with Crippen molar-refractivity contribution < 1.29 is 5.11 Å². The van der Waals surface area contributed by atoms with Gasteiger partial charge in [0.2, 0.25) is 0 Å². The Hall–Kier alpha value is -0.800. The van der Waals surface area contributed by atoms with Crippen molar-refractivity contribution in [3.8, 4) is 0 Å². The number of aliphatic hydroxyl groups is 1. The van der Waals surface area contributed by atoms with Gasteiger partial charge in [0.15, 0.2) is 0 Å². The average molecular weight is 238 g/mol. The minimum atomic E-state index is 0.263. The summed E-state index contributed by atoms with van der Waals surface area (Å²) in [5.41, 5.74) is 4.06. The molecule has 3 heteroatoms. The van der Waals surface area contributed by atoms with Crippen LogP contribution in [0.5, 0.6) is 0 Å². The largest absolute Gasteiger partial charge is 0.396 e. The molecular weight excluding hydrogens is 212 g/mol. The molecule has 3 nitrogen and oxygen atoms in total. The Balaban J connectivity index is 2.62. The van der Waals surface area contributed by atoms with Crippen LogP contribution >= 0.6 is 0 Å². The lowest BCUT2D eigenvalue weighted by atomic mass is 10.1. The quantitative estimate of drug-likeness (QED) is 0.765. The first-order chi connectivity index (χ1) is 8.13. The number of nitrogens with one attached hydrogen (secondary N) is 1. The standard InChI is InChI=1S/C14H26N2O/c1-5-14(7-8-17)15-10-13-9-11(3)16(6-2)12(13)4/h9,14-15,17H,5-8,10H2,1-4H3. The van der Waals surface area contributed by atoms with Gasteiger partial charge in [-0.3, -0.25) is 0 Å². The monoisotopic (exact) mass is 238 g/mol. The van der Waals surface area contributed by atoms with Crippen molar-refractivity contribution in [3.05, 3.63) is 23.0 Å². The Kier molecular flexibility index (Phi) is 5.72. The molecule has 0 bridgehead atoms. The summed E-state index contributed by atoms with van der Waals surface area (Å²) in [4.78, 5) is 0. The second kappa shape index (κ2) is 6.82. The van der Waals surface area contributed by atoms with E-state index in [-0.39, 0.29) is 6.61 Å². The number of rotatable bonds is 7. The fraction of sp³-hybridized carbons (Fsp3) is 0.714. The van der Waals surface area contributed by atoms with E-state index in [1.807, 2.05) is 0 Å². The van der Waals surface area contributed by atoms with Crippen molar-refractivity contribution in [1.29, 1.82) is 0 Å². The van der Waals surface area contributed by atoms with Crippen LogP contribution in [0.3, 0.4) is 0 Å². The number of aliphatic hydroxyl groups excluding tert-OH is 1. The molecule has 0 spiro atoms. The van der Waals surface area contributed by atoms with E-state index in [1.165, 1.54) is 17.0 Å². The van der Waals surface area contributed by atoms with Gasteiger partial charge in [0, 0.05) is 37.1 Å². The molecule has 2 N–H and O–H groups in total. The highest BCUT2D eigenvalue weighted by atomic mass is 16.3. The van der Waals surface area contributed by atoms with Gasteiger partial charge in [-0.15, -0.1) is 0 Å². The fourth-order valence-electron chi connectivity index (χ4n) is 2.40. The van der Waals surface area contributed by atoms with Gasteiger partial charge in [-0.25, -0.2) is 0 Å². The SMILES string of the molecule is CCC(CCO)NCc1cc(C)n(CC)c1C. The van der Waals surface area contributed by atoms with E-state index < -0.39 is 0 Å². The summed E-state index contributed by atoms with van der Waals surface area (Å²) in [7, 11) is 0. The van der Waals surface area contributed by atoms with Crippen molar-refractivity contribution in [2.45, 2.75) is 59.7 Å². The van der Waals surface area contributed by atoms with Gasteiger partial charge in [0.1, 0.15) is 0 Å². The normalized spacial score (nSPS) is 13.0. The van der Waals surface area contributed by atoms with Gasteiger partial charge < -0.3 is 15.0 Å². The summed E-state index contributed by atoms with van der Waals surface area (Å²) >= 11 is 0. The lowest BCUT2D eigenvalue weighted by molar-refractivity contribution is 0.262. The predicted molar refractivity (Wildman–Crippen MR) is 72.2 cm³/mol. The molecule has 17 heavy (non-hydrogen) atoms. The van der Waals surface area contributed by atoms with Crippen molar-refractivity contribution in [3.63, 3.8) is 0 Å². The number of nitrogens with zero attached hydrogens (tertiary/aromatic N) is 1. The fourth-order valence-corrected chi connectivity index (χ4v) is 2.40. The van der Waals surface area contributed by atoms with E-state index in [0.29, 0.717) is 6.04 Å². The zero-order valence-corrected chi connectivity index (χ0v) is 11.6. The Morgan fingerprint density at radius 1 is 1.35 bits per heavy atom. The molecule has 0 fully saturated rings. The van der Waals surface area contributed by atoms with Crippen LogP contribution in [0.4, 0.5) is 0 Å². The molecule has 98 valence electrons. The van der Waals surface area contributed by atoms with Gasteiger partial charge in [0.05, 0.1) is 0 Å². The van der Waals surface area contributed by atoms with Gasteiger partial charge in [0.25, 0.3) is 0 Å². The molecule has 1 heterocycles. The molecule has 0 amide bonds. The number of aryl methyl sites for hydroxylation is 1. The molecule has 1 unspecified atom stereocenters. The number of aromatic nitrogens is 1. The first-order valence-electron chi connectivity index (χ1n) is 6.63. The minimum Gasteiger partial charge on any atom is -0.396 e. The van der Waals surface area contributed by atoms with Gasteiger partial charge >= 0.3 is 0 Å². The molecule has 0 aliphatic rings. The Morgan fingerprint density at radius 2 is 2.06 bits per heavy atom. The van der Waals surface area contributed by atoms with Gasteiger partial charge in [-0.05, 0) is 45.2 Å². The van der Waals surface area contributed by atoms with Crippen molar-refractivity contribution in [2.75, 3.05) is 6.61 Å². The van der Waals surface area contributed by atoms with Crippen molar-refractivity contribution >= 4 is 0 Å². The summed E-state index contributed by atoms with van der Waals surface area (Å²) in [6, 6.07) is 2.68. The van der Waals surface area contributed by atoms with E-state index in [0.717, 1.165) is 25.9 Å². The van der Waals surface area contributed by atoms with Crippen LogP contribution < -0.4 is 5.32 Å². The summed E-state index contributed by atoms with van der Waals surface area (Å²) < 4.78 is 2.34. The second-order valence-electron chi connectivity index (χ2n) is 4.64. The molecule has 0 saturated carbocycles. The molecule has 1 aromatic rings. The van der Waals surface area contributed by atoms with Gasteiger partial charge in [-0.2, -0.15) is 0 Å². The zero-order chi connectivity index (χ0) is 12.8. The topological polar surface area (TPSA) is 37.2 Å². The van der Waals surface area contributed by atoms with E-state index in [9.17, 15) is 0 Å². The Bertz CT molecular complexity index is 344. The molecule has 0 aromatic carbocycles. The van der Waals surface area contributed by atoms with Crippen molar-refractivity contribution in [2.24, 2.45) is 0 Å². The third-order valence-electron chi connectivity index (χ3n) is 3.55. The third-order valence-corrected chi connectivity index (χ3v) is 3.55. The van der Waals surface area contributed by atoms with E-state index >= 15 is 0 Å². The first-order valence-corrected chi connectivity index (χ1v) is 6.63. The molecule has 0 aliphatic heterocycles. The Labute approximate surface area is 105 Å².